The van der Waals surface area contributed by atoms with Crippen LogP contribution in [0.4, 0.5) is 5.69 Å². The SMILES string of the molecule is COc1ccc(Br)cc1OC1CN(CCc2ccccc2N2CCCCC2=O)C1. The lowest BCUT2D eigenvalue weighted by Gasteiger charge is -2.39. The topological polar surface area (TPSA) is 42.0 Å². The zero-order valence-corrected chi connectivity index (χ0v) is 18.4. The molecule has 4 rings (SSSR count). The minimum absolute atomic E-state index is 0.178. The molecule has 2 aliphatic rings. The zero-order chi connectivity index (χ0) is 20.2. The molecule has 154 valence electrons. The van der Waals surface area contributed by atoms with Gasteiger partial charge in [-0.15, -0.1) is 0 Å². The van der Waals surface area contributed by atoms with Crippen LogP contribution in [0.1, 0.15) is 24.8 Å². The Morgan fingerprint density at radius 1 is 1.10 bits per heavy atom. The highest BCUT2D eigenvalue weighted by Crippen LogP contribution is 2.32. The molecule has 0 spiro atoms. The molecule has 2 heterocycles. The third-order valence-electron chi connectivity index (χ3n) is 5.65. The first kappa shape index (κ1) is 20.2. The van der Waals surface area contributed by atoms with Crippen molar-refractivity contribution in [3.63, 3.8) is 0 Å². The van der Waals surface area contributed by atoms with Crippen molar-refractivity contribution in [2.75, 3.05) is 38.2 Å². The molecule has 0 saturated carbocycles. The van der Waals surface area contributed by atoms with Gasteiger partial charge in [-0.1, -0.05) is 34.1 Å². The number of benzene rings is 2. The van der Waals surface area contributed by atoms with Crippen molar-refractivity contribution in [1.82, 2.24) is 4.90 Å². The van der Waals surface area contributed by atoms with Crippen LogP contribution in [0.25, 0.3) is 0 Å². The Labute approximate surface area is 180 Å². The first-order valence-corrected chi connectivity index (χ1v) is 11.0. The molecular weight excluding hydrogens is 432 g/mol. The van der Waals surface area contributed by atoms with Crippen molar-refractivity contribution in [3.8, 4) is 11.5 Å². The smallest absolute Gasteiger partial charge is 0.226 e. The number of halogens is 1. The maximum Gasteiger partial charge on any atom is 0.226 e. The van der Waals surface area contributed by atoms with Crippen LogP contribution in [0.3, 0.4) is 0 Å². The van der Waals surface area contributed by atoms with Crippen LogP contribution in [0, 0.1) is 0 Å². The van der Waals surface area contributed by atoms with E-state index in [9.17, 15) is 4.79 Å². The van der Waals surface area contributed by atoms with E-state index in [4.69, 9.17) is 9.47 Å². The van der Waals surface area contributed by atoms with Gasteiger partial charge in [0, 0.05) is 42.8 Å². The van der Waals surface area contributed by atoms with Crippen LogP contribution < -0.4 is 14.4 Å². The number of piperidine rings is 1. The maximum atomic E-state index is 12.3. The van der Waals surface area contributed by atoms with Crippen molar-refractivity contribution in [3.05, 3.63) is 52.5 Å². The first-order valence-electron chi connectivity index (χ1n) is 10.2. The van der Waals surface area contributed by atoms with Gasteiger partial charge in [-0.25, -0.2) is 0 Å². The third-order valence-corrected chi connectivity index (χ3v) is 6.14. The Kier molecular flexibility index (Phi) is 6.40. The molecule has 1 amide bonds. The summed E-state index contributed by atoms with van der Waals surface area (Å²) < 4.78 is 12.5. The molecule has 5 nitrogen and oxygen atoms in total. The number of likely N-dealkylation sites (tertiary alicyclic amines) is 1. The molecule has 0 bridgehead atoms. The van der Waals surface area contributed by atoms with Crippen LogP contribution in [0.15, 0.2) is 46.9 Å². The number of amides is 1. The number of carbonyl (C=O) groups excluding carboxylic acids is 1. The van der Waals surface area contributed by atoms with Gasteiger partial charge in [-0.3, -0.25) is 9.69 Å². The van der Waals surface area contributed by atoms with Gasteiger partial charge in [0.2, 0.25) is 5.91 Å². The highest BCUT2D eigenvalue weighted by molar-refractivity contribution is 9.10. The number of hydrogen-bond donors (Lipinski definition) is 0. The second-order valence-electron chi connectivity index (χ2n) is 7.68. The van der Waals surface area contributed by atoms with Gasteiger partial charge < -0.3 is 14.4 Å². The minimum Gasteiger partial charge on any atom is -0.493 e. The van der Waals surface area contributed by atoms with Crippen molar-refractivity contribution < 1.29 is 14.3 Å². The quantitative estimate of drug-likeness (QED) is 0.620. The van der Waals surface area contributed by atoms with E-state index in [2.05, 4.69) is 39.0 Å². The van der Waals surface area contributed by atoms with E-state index < -0.39 is 0 Å². The highest BCUT2D eigenvalue weighted by atomic mass is 79.9. The predicted molar refractivity (Wildman–Crippen MR) is 118 cm³/mol. The number of ether oxygens (including phenoxy) is 2. The van der Waals surface area contributed by atoms with Crippen LogP contribution in [0.2, 0.25) is 0 Å². The van der Waals surface area contributed by atoms with Crippen molar-refractivity contribution in [1.29, 1.82) is 0 Å². The number of methoxy groups -OCH3 is 1. The molecule has 0 N–H and O–H groups in total. The molecule has 2 fully saturated rings. The molecule has 2 aliphatic heterocycles. The second kappa shape index (κ2) is 9.18. The molecule has 2 aromatic rings. The Balaban J connectivity index is 1.31. The van der Waals surface area contributed by atoms with Crippen molar-refractivity contribution in [2.45, 2.75) is 31.8 Å². The first-order chi connectivity index (χ1) is 14.1. The Hall–Kier alpha value is -2.05. The molecule has 2 saturated heterocycles. The molecule has 0 aliphatic carbocycles. The largest absolute Gasteiger partial charge is 0.493 e. The summed E-state index contributed by atoms with van der Waals surface area (Å²) in [5.74, 6) is 1.79. The summed E-state index contributed by atoms with van der Waals surface area (Å²) in [6.45, 7) is 3.61. The summed E-state index contributed by atoms with van der Waals surface area (Å²) in [4.78, 5) is 16.7. The maximum absolute atomic E-state index is 12.3. The number of carbonyl (C=O) groups is 1. The Bertz CT molecular complexity index is 867. The van der Waals surface area contributed by atoms with Gasteiger partial charge in [-0.2, -0.15) is 0 Å². The normalized spacial score (nSPS) is 17.9. The van der Waals surface area contributed by atoms with Crippen LogP contribution >= 0.6 is 15.9 Å². The van der Waals surface area contributed by atoms with Crippen molar-refractivity contribution in [2.24, 2.45) is 0 Å². The third kappa shape index (κ3) is 4.75. The predicted octanol–water partition coefficient (Wildman–Crippen LogP) is 4.28. The molecule has 2 aromatic carbocycles. The molecule has 0 radical (unpaired) electrons. The molecule has 0 atom stereocenters. The molecule has 0 aromatic heterocycles. The van der Waals surface area contributed by atoms with E-state index in [-0.39, 0.29) is 12.0 Å². The summed E-state index contributed by atoms with van der Waals surface area (Å²) in [7, 11) is 1.66. The lowest BCUT2D eigenvalue weighted by atomic mass is 10.0. The minimum atomic E-state index is 0.178. The van der Waals surface area contributed by atoms with Crippen LogP contribution in [0.5, 0.6) is 11.5 Å². The molecular formula is C23H27BrN2O3. The van der Waals surface area contributed by atoms with E-state index in [1.165, 1.54) is 5.56 Å². The van der Waals surface area contributed by atoms with Gasteiger partial charge >= 0.3 is 0 Å². The summed E-state index contributed by atoms with van der Waals surface area (Å²) in [6.07, 6.45) is 3.88. The van der Waals surface area contributed by atoms with E-state index in [1.807, 2.05) is 29.2 Å². The fourth-order valence-corrected chi connectivity index (χ4v) is 4.37. The van der Waals surface area contributed by atoms with Crippen LogP contribution in [-0.4, -0.2) is 50.2 Å². The van der Waals surface area contributed by atoms with Gasteiger partial charge in [-0.05, 0) is 49.1 Å². The molecule has 0 unspecified atom stereocenters. The average Bonchev–Trinajstić information content (AvgIpc) is 2.70. The highest BCUT2D eigenvalue weighted by Gasteiger charge is 2.29. The summed E-state index contributed by atoms with van der Waals surface area (Å²) in [6, 6.07) is 14.1. The summed E-state index contributed by atoms with van der Waals surface area (Å²) in [5, 5.41) is 0. The van der Waals surface area contributed by atoms with Gasteiger partial charge in [0.15, 0.2) is 11.5 Å². The van der Waals surface area contributed by atoms with E-state index in [1.54, 1.807) is 7.11 Å². The van der Waals surface area contributed by atoms with E-state index in [0.717, 1.165) is 67.1 Å². The van der Waals surface area contributed by atoms with E-state index in [0.29, 0.717) is 6.42 Å². The molecule has 29 heavy (non-hydrogen) atoms. The number of anilines is 1. The molecule has 6 heteroatoms. The fraction of sp³-hybridized carbons (Fsp3) is 0.435. The Morgan fingerprint density at radius 3 is 2.72 bits per heavy atom. The van der Waals surface area contributed by atoms with Gasteiger partial charge in [0.1, 0.15) is 6.10 Å². The number of nitrogens with zero attached hydrogens (tertiary/aromatic N) is 2. The number of para-hydroxylation sites is 1. The second-order valence-corrected chi connectivity index (χ2v) is 8.59. The zero-order valence-electron chi connectivity index (χ0n) is 16.8. The lowest BCUT2D eigenvalue weighted by Crippen LogP contribution is -2.54. The summed E-state index contributed by atoms with van der Waals surface area (Å²) >= 11 is 3.49. The lowest BCUT2D eigenvalue weighted by molar-refractivity contribution is -0.119. The van der Waals surface area contributed by atoms with Crippen molar-refractivity contribution >= 4 is 27.5 Å². The van der Waals surface area contributed by atoms with Crippen LogP contribution in [-0.2, 0) is 11.2 Å². The fourth-order valence-electron chi connectivity index (χ4n) is 4.03. The average molecular weight is 459 g/mol. The summed E-state index contributed by atoms with van der Waals surface area (Å²) in [5.41, 5.74) is 2.34. The van der Waals surface area contributed by atoms with Gasteiger partial charge in [0.05, 0.1) is 7.11 Å². The monoisotopic (exact) mass is 458 g/mol. The Morgan fingerprint density at radius 2 is 1.93 bits per heavy atom. The number of hydrogen-bond acceptors (Lipinski definition) is 4. The van der Waals surface area contributed by atoms with E-state index >= 15 is 0 Å². The number of rotatable bonds is 7. The van der Waals surface area contributed by atoms with Gasteiger partial charge in [0.25, 0.3) is 0 Å². The standard InChI is InChI=1S/C23H27BrN2O3/c1-28-21-10-9-18(24)14-22(21)29-19-15-25(16-19)13-11-17-6-2-3-7-20(17)26-12-5-4-8-23(26)27/h2-3,6-7,9-10,14,19H,4-5,8,11-13,15-16H2,1H3.